The maximum absolute atomic E-state index is 13.2. The van der Waals surface area contributed by atoms with Gasteiger partial charge in [0.05, 0.1) is 12.1 Å². The molecule has 5 nitrogen and oxygen atoms in total. The predicted molar refractivity (Wildman–Crippen MR) is 110 cm³/mol. The van der Waals surface area contributed by atoms with E-state index in [9.17, 15) is 19.1 Å². The summed E-state index contributed by atoms with van der Waals surface area (Å²) in [5, 5.41) is 12.7. The van der Waals surface area contributed by atoms with Crippen LogP contribution in [0.25, 0.3) is 5.76 Å². The van der Waals surface area contributed by atoms with Crippen LogP contribution >= 0.6 is 33.9 Å². The Morgan fingerprint density at radius 1 is 1.18 bits per heavy atom. The van der Waals surface area contributed by atoms with Gasteiger partial charge in [0.25, 0.3) is 11.7 Å². The molecule has 28 heavy (non-hydrogen) atoms. The lowest BCUT2D eigenvalue weighted by molar-refractivity contribution is -0.140. The molecule has 0 aliphatic carbocycles. The first-order valence-corrected chi connectivity index (χ1v) is 10.2. The van der Waals surface area contributed by atoms with Crippen LogP contribution in [-0.2, 0) is 16.1 Å². The van der Waals surface area contributed by atoms with E-state index in [0.717, 1.165) is 4.88 Å². The number of rotatable bonds is 4. The quantitative estimate of drug-likeness (QED) is 0.240. The zero-order chi connectivity index (χ0) is 19.8. The van der Waals surface area contributed by atoms with Crippen LogP contribution in [0, 0.1) is 9.58 Å². The molecule has 3 heterocycles. The molecule has 1 atom stereocenters. The Bertz CT molecular complexity index is 1070. The number of furan rings is 1. The lowest BCUT2D eigenvalue weighted by atomic mass is 9.99. The fraction of sp³-hybridized carbons (Fsp3) is 0.100. The van der Waals surface area contributed by atoms with Gasteiger partial charge in [0.15, 0.2) is 3.77 Å². The molecular formula is C20H13FINO4S. The molecule has 1 aliphatic rings. The summed E-state index contributed by atoms with van der Waals surface area (Å²) in [7, 11) is 0. The van der Waals surface area contributed by atoms with Crippen molar-refractivity contribution < 1.29 is 23.5 Å². The Morgan fingerprint density at radius 2 is 1.93 bits per heavy atom. The molecule has 2 aromatic heterocycles. The van der Waals surface area contributed by atoms with Crippen molar-refractivity contribution in [2.24, 2.45) is 0 Å². The van der Waals surface area contributed by atoms with Crippen LogP contribution in [0.2, 0.25) is 0 Å². The molecule has 3 aromatic rings. The number of aliphatic hydroxyl groups is 1. The molecular weight excluding hydrogens is 496 g/mol. The number of hydrogen-bond donors (Lipinski definition) is 1. The summed E-state index contributed by atoms with van der Waals surface area (Å²) in [5.74, 6) is -1.96. The van der Waals surface area contributed by atoms with Gasteiger partial charge in [-0.3, -0.25) is 9.59 Å². The van der Waals surface area contributed by atoms with E-state index in [4.69, 9.17) is 4.42 Å². The van der Waals surface area contributed by atoms with Crippen molar-refractivity contribution in [1.29, 1.82) is 0 Å². The number of carbonyl (C=O) groups is 2. The van der Waals surface area contributed by atoms with E-state index in [-0.39, 0.29) is 23.4 Å². The second kappa shape index (κ2) is 7.51. The number of hydrogen-bond acceptors (Lipinski definition) is 5. The van der Waals surface area contributed by atoms with Gasteiger partial charge < -0.3 is 14.4 Å². The molecule has 142 valence electrons. The number of Topliss-reactive ketones (excluding diaryl/α,β-unsaturated/α-hetero) is 1. The van der Waals surface area contributed by atoms with Crippen molar-refractivity contribution in [1.82, 2.24) is 4.90 Å². The first-order chi connectivity index (χ1) is 13.5. The van der Waals surface area contributed by atoms with Gasteiger partial charge in [0, 0.05) is 10.4 Å². The van der Waals surface area contributed by atoms with Gasteiger partial charge in [0.1, 0.15) is 23.4 Å². The van der Waals surface area contributed by atoms with E-state index >= 15 is 0 Å². The molecule has 0 radical (unpaired) electrons. The molecule has 0 bridgehead atoms. The molecule has 1 unspecified atom stereocenters. The van der Waals surface area contributed by atoms with Crippen LogP contribution in [0.3, 0.4) is 0 Å². The third kappa shape index (κ3) is 3.37. The van der Waals surface area contributed by atoms with Crippen molar-refractivity contribution in [3.63, 3.8) is 0 Å². The van der Waals surface area contributed by atoms with Gasteiger partial charge >= 0.3 is 0 Å². The number of aliphatic hydroxyl groups excluding tert-OH is 1. The molecule has 1 amide bonds. The third-order valence-electron chi connectivity index (χ3n) is 4.43. The third-order valence-corrected chi connectivity index (χ3v) is 5.87. The number of carbonyl (C=O) groups excluding carboxylic acids is 2. The largest absolute Gasteiger partial charge is 0.507 e. The van der Waals surface area contributed by atoms with Gasteiger partial charge in [-0.25, -0.2) is 4.39 Å². The van der Waals surface area contributed by atoms with Crippen LogP contribution < -0.4 is 0 Å². The Morgan fingerprint density at radius 3 is 2.54 bits per heavy atom. The summed E-state index contributed by atoms with van der Waals surface area (Å²) in [6, 6.07) is 11.4. The number of benzene rings is 1. The molecule has 1 aromatic carbocycles. The van der Waals surface area contributed by atoms with Gasteiger partial charge in [-0.15, -0.1) is 11.3 Å². The number of ketones is 1. The molecule has 0 saturated carbocycles. The van der Waals surface area contributed by atoms with E-state index in [2.05, 4.69) is 0 Å². The highest BCUT2D eigenvalue weighted by Gasteiger charge is 2.47. The standard InChI is InChI=1S/C20H13FINO4S/c21-12-5-3-11(4-6-12)18(24)16-17(14-7-8-15(22)27-14)23(20(26)19(16)25)10-13-2-1-9-28-13/h1-9,17,24H,10H2/b18-16+. The summed E-state index contributed by atoms with van der Waals surface area (Å²) < 4.78 is 19.5. The van der Waals surface area contributed by atoms with Crippen LogP contribution in [0.5, 0.6) is 0 Å². The minimum atomic E-state index is -0.865. The van der Waals surface area contributed by atoms with Crippen LogP contribution in [0.1, 0.15) is 22.2 Å². The summed E-state index contributed by atoms with van der Waals surface area (Å²) >= 11 is 3.46. The number of thiophene rings is 1. The summed E-state index contributed by atoms with van der Waals surface area (Å²) in [6.45, 7) is 0.213. The monoisotopic (exact) mass is 509 g/mol. The highest BCUT2D eigenvalue weighted by molar-refractivity contribution is 14.1. The van der Waals surface area contributed by atoms with E-state index in [1.807, 2.05) is 40.1 Å². The Balaban J connectivity index is 1.85. The fourth-order valence-corrected chi connectivity index (χ4v) is 4.28. The molecule has 8 heteroatoms. The fourth-order valence-electron chi connectivity index (χ4n) is 3.15. The number of likely N-dealkylation sites (tertiary alicyclic amines) is 1. The van der Waals surface area contributed by atoms with Gasteiger partial charge in [-0.05, 0) is 70.4 Å². The second-order valence-corrected chi connectivity index (χ2v) is 8.25. The predicted octanol–water partition coefficient (Wildman–Crippen LogP) is 4.71. The SMILES string of the molecule is O=C1C(=O)N(Cc2cccs2)C(c2ccc(I)o2)/C1=C(\O)c1ccc(F)cc1. The minimum absolute atomic E-state index is 0.0704. The highest BCUT2D eigenvalue weighted by atomic mass is 127. The summed E-state index contributed by atoms with van der Waals surface area (Å²) in [5.41, 5.74) is 0.181. The highest BCUT2D eigenvalue weighted by Crippen LogP contribution is 2.41. The van der Waals surface area contributed by atoms with E-state index in [0.29, 0.717) is 9.53 Å². The lowest BCUT2D eigenvalue weighted by Crippen LogP contribution is -2.28. The van der Waals surface area contributed by atoms with E-state index in [1.165, 1.54) is 40.5 Å². The Kier molecular flexibility index (Phi) is 5.07. The smallest absolute Gasteiger partial charge is 0.296 e. The lowest BCUT2D eigenvalue weighted by Gasteiger charge is -2.22. The van der Waals surface area contributed by atoms with Crippen molar-refractivity contribution in [3.8, 4) is 0 Å². The molecule has 4 rings (SSSR count). The van der Waals surface area contributed by atoms with Gasteiger partial charge in [-0.2, -0.15) is 0 Å². The van der Waals surface area contributed by atoms with Gasteiger partial charge in [-0.1, -0.05) is 6.07 Å². The maximum Gasteiger partial charge on any atom is 0.296 e. The van der Waals surface area contributed by atoms with Crippen molar-refractivity contribution in [2.75, 3.05) is 0 Å². The Hall–Kier alpha value is -2.46. The molecule has 1 saturated heterocycles. The van der Waals surface area contributed by atoms with E-state index in [1.54, 1.807) is 12.1 Å². The average molecular weight is 509 g/mol. The van der Waals surface area contributed by atoms with Crippen LogP contribution in [-0.4, -0.2) is 21.7 Å². The van der Waals surface area contributed by atoms with Crippen molar-refractivity contribution in [2.45, 2.75) is 12.6 Å². The van der Waals surface area contributed by atoms with Crippen LogP contribution in [0.15, 0.2) is 63.9 Å². The molecule has 0 spiro atoms. The normalized spacial score (nSPS) is 18.8. The number of amides is 1. The minimum Gasteiger partial charge on any atom is -0.507 e. The second-order valence-electron chi connectivity index (χ2n) is 6.16. The zero-order valence-corrected chi connectivity index (χ0v) is 17.2. The van der Waals surface area contributed by atoms with Crippen molar-refractivity contribution >= 4 is 51.4 Å². The summed E-state index contributed by atoms with van der Waals surface area (Å²) in [4.78, 5) is 27.8. The first kappa shape index (κ1) is 18.9. The Labute approximate surface area is 177 Å². The number of halogens is 2. The molecule has 1 aliphatic heterocycles. The van der Waals surface area contributed by atoms with Crippen LogP contribution in [0.4, 0.5) is 4.39 Å². The first-order valence-electron chi connectivity index (χ1n) is 8.27. The summed E-state index contributed by atoms with van der Waals surface area (Å²) in [6.07, 6.45) is 0. The molecule has 1 N–H and O–H groups in total. The van der Waals surface area contributed by atoms with E-state index < -0.39 is 23.5 Å². The molecule has 1 fully saturated rings. The van der Waals surface area contributed by atoms with Gasteiger partial charge in [0.2, 0.25) is 0 Å². The average Bonchev–Trinajstić information content (AvgIpc) is 3.39. The number of nitrogens with zero attached hydrogens (tertiary/aromatic N) is 1. The zero-order valence-electron chi connectivity index (χ0n) is 14.3. The van der Waals surface area contributed by atoms with Crippen molar-refractivity contribution in [3.05, 3.63) is 85.3 Å². The topological polar surface area (TPSA) is 70.8 Å². The maximum atomic E-state index is 13.2.